The van der Waals surface area contributed by atoms with E-state index in [0.29, 0.717) is 19.3 Å². The van der Waals surface area contributed by atoms with Gasteiger partial charge in [0, 0.05) is 19.3 Å². The van der Waals surface area contributed by atoms with Gasteiger partial charge in [0.2, 0.25) is 0 Å². The zero-order valence-electron chi connectivity index (χ0n) is 39.9. The number of hydrogen-bond donors (Lipinski definition) is 0. The van der Waals surface area contributed by atoms with E-state index >= 15 is 0 Å². The fourth-order valence-corrected chi connectivity index (χ4v) is 6.86. The van der Waals surface area contributed by atoms with Gasteiger partial charge in [0.15, 0.2) is 6.10 Å². The van der Waals surface area contributed by atoms with Crippen molar-refractivity contribution in [3.8, 4) is 0 Å². The van der Waals surface area contributed by atoms with Gasteiger partial charge in [-0.1, -0.05) is 196 Å². The smallest absolute Gasteiger partial charge is 0.306 e. The number of carbonyl (C=O) groups excluding carboxylic acids is 3. The van der Waals surface area contributed by atoms with Gasteiger partial charge < -0.3 is 14.2 Å². The molecule has 0 bridgehead atoms. The summed E-state index contributed by atoms with van der Waals surface area (Å²) in [7, 11) is 0. The fraction of sp³-hybridized carbons (Fsp3) is 0.727. The summed E-state index contributed by atoms with van der Waals surface area (Å²) >= 11 is 0. The number of allylic oxidation sites excluding steroid dienone is 12. The van der Waals surface area contributed by atoms with Crippen molar-refractivity contribution >= 4 is 17.9 Å². The molecular formula is C55H94O6. The van der Waals surface area contributed by atoms with E-state index in [0.717, 1.165) is 89.9 Å². The second-order valence-electron chi connectivity index (χ2n) is 16.7. The van der Waals surface area contributed by atoms with E-state index in [4.69, 9.17) is 14.2 Å². The first kappa shape index (κ1) is 57.9. The number of rotatable bonds is 45. The van der Waals surface area contributed by atoms with Crippen LogP contribution in [0.15, 0.2) is 72.9 Å². The Hall–Kier alpha value is -3.15. The first-order valence-corrected chi connectivity index (χ1v) is 25.4. The van der Waals surface area contributed by atoms with Gasteiger partial charge in [0.1, 0.15) is 13.2 Å². The monoisotopic (exact) mass is 851 g/mol. The number of esters is 3. The summed E-state index contributed by atoms with van der Waals surface area (Å²) in [6.45, 7) is 6.43. The van der Waals surface area contributed by atoms with Crippen LogP contribution in [0.3, 0.4) is 0 Å². The van der Waals surface area contributed by atoms with Crippen molar-refractivity contribution in [1.82, 2.24) is 0 Å². The molecule has 0 rings (SSSR count). The maximum absolute atomic E-state index is 12.8. The largest absolute Gasteiger partial charge is 0.462 e. The van der Waals surface area contributed by atoms with Gasteiger partial charge in [-0.05, 0) is 96.3 Å². The summed E-state index contributed by atoms with van der Waals surface area (Å²) in [5, 5.41) is 0. The van der Waals surface area contributed by atoms with E-state index in [1.807, 2.05) is 6.08 Å². The van der Waals surface area contributed by atoms with Gasteiger partial charge >= 0.3 is 17.9 Å². The van der Waals surface area contributed by atoms with E-state index in [2.05, 4.69) is 87.6 Å². The Morgan fingerprint density at radius 3 is 1.11 bits per heavy atom. The van der Waals surface area contributed by atoms with Crippen LogP contribution in [0, 0.1) is 0 Å². The Labute approximate surface area is 376 Å². The predicted octanol–water partition coefficient (Wildman–Crippen LogP) is 16.6. The standard InChI is InChI=1S/C55H94O6/c1-4-7-10-13-16-19-22-25-27-28-31-33-36-39-42-45-48-54(57)60-51-52(50-59-53(56)47-44-41-38-35-32-29-24-21-18-15-12-9-6-3)61-55(58)49-46-43-40-37-34-30-26-23-20-17-14-11-8-5-2/h8,11,17,20,26-30,32,38,41,52H,4-7,9-10,12-16,18-19,21-25,31,33-37,39-40,42-51H2,1-3H3/b11-8+,20-17+,28-27+,30-26+,32-29+,41-38+. The molecular weight excluding hydrogens is 757 g/mol. The molecule has 0 aliphatic carbocycles. The van der Waals surface area contributed by atoms with Crippen molar-refractivity contribution < 1.29 is 28.6 Å². The topological polar surface area (TPSA) is 78.9 Å². The van der Waals surface area contributed by atoms with Crippen LogP contribution in [0.4, 0.5) is 0 Å². The van der Waals surface area contributed by atoms with Gasteiger partial charge in [0.25, 0.3) is 0 Å². The zero-order chi connectivity index (χ0) is 44.4. The summed E-state index contributed by atoms with van der Waals surface area (Å²) < 4.78 is 16.7. The van der Waals surface area contributed by atoms with Gasteiger partial charge in [0.05, 0.1) is 0 Å². The molecule has 0 aromatic rings. The molecule has 0 fully saturated rings. The highest BCUT2D eigenvalue weighted by atomic mass is 16.6. The molecule has 350 valence electrons. The van der Waals surface area contributed by atoms with Gasteiger partial charge in [-0.3, -0.25) is 14.4 Å². The van der Waals surface area contributed by atoms with Crippen molar-refractivity contribution in [3.05, 3.63) is 72.9 Å². The van der Waals surface area contributed by atoms with Crippen molar-refractivity contribution in [1.29, 1.82) is 0 Å². The van der Waals surface area contributed by atoms with Crippen LogP contribution >= 0.6 is 0 Å². The van der Waals surface area contributed by atoms with E-state index in [9.17, 15) is 14.4 Å². The molecule has 0 amide bonds. The number of carbonyl (C=O) groups is 3. The van der Waals surface area contributed by atoms with E-state index in [1.165, 1.54) is 103 Å². The maximum atomic E-state index is 12.8. The molecule has 0 saturated carbocycles. The second-order valence-corrected chi connectivity index (χ2v) is 16.7. The summed E-state index contributed by atoms with van der Waals surface area (Å²) in [6, 6.07) is 0. The molecule has 0 aliphatic heterocycles. The SMILES string of the molecule is CC/C=C/C/C=C/C/C=C/CCCCCCC(=O)OC(COC(=O)CC/C=C/C/C=C/CCCCCCCC)COC(=O)CCCCCCC/C=C/CCCCCCCCC. The molecule has 1 atom stereocenters. The van der Waals surface area contributed by atoms with Gasteiger partial charge in [-0.15, -0.1) is 0 Å². The molecule has 0 saturated heterocycles. The zero-order valence-corrected chi connectivity index (χ0v) is 39.9. The van der Waals surface area contributed by atoms with E-state index in [1.54, 1.807) is 0 Å². The molecule has 0 aromatic heterocycles. The normalized spacial score (nSPS) is 12.6. The van der Waals surface area contributed by atoms with Crippen LogP contribution in [0.1, 0.15) is 239 Å². The van der Waals surface area contributed by atoms with Crippen molar-refractivity contribution in [3.63, 3.8) is 0 Å². The van der Waals surface area contributed by atoms with Crippen molar-refractivity contribution in [2.24, 2.45) is 0 Å². The number of hydrogen-bond acceptors (Lipinski definition) is 6. The Bertz CT molecular complexity index is 1160. The van der Waals surface area contributed by atoms with Crippen LogP contribution in [0.25, 0.3) is 0 Å². The third-order valence-corrected chi connectivity index (χ3v) is 10.7. The lowest BCUT2D eigenvalue weighted by atomic mass is 10.1. The molecule has 0 aliphatic rings. The number of ether oxygens (including phenoxy) is 3. The highest BCUT2D eigenvalue weighted by Crippen LogP contribution is 2.13. The van der Waals surface area contributed by atoms with Crippen LogP contribution in [-0.4, -0.2) is 37.2 Å². The highest BCUT2D eigenvalue weighted by molar-refractivity contribution is 5.71. The third kappa shape index (κ3) is 47.7. The third-order valence-electron chi connectivity index (χ3n) is 10.7. The average molecular weight is 851 g/mol. The lowest BCUT2D eigenvalue weighted by molar-refractivity contribution is -0.166. The van der Waals surface area contributed by atoms with E-state index < -0.39 is 6.10 Å². The van der Waals surface area contributed by atoms with Crippen molar-refractivity contribution in [2.45, 2.75) is 245 Å². The molecule has 6 nitrogen and oxygen atoms in total. The molecule has 0 N–H and O–H groups in total. The minimum Gasteiger partial charge on any atom is -0.462 e. The first-order chi connectivity index (χ1) is 30.0. The Morgan fingerprint density at radius 1 is 0.344 bits per heavy atom. The molecule has 1 unspecified atom stereocenters. The van der Waals surface area contributed by atoms with E-state index in [-0.39, 0.29) is 37.5 Å². The Kier molecular flexibility index (Phi) is 46.9. The molecule has 6 heteroatoms. The Morgan fingerprint density at radius 2 is 0.672 bits per heavy atom. The van der Waals surface area contributed by atoms with Gasteiger partial charge in [-0.25, -0.2) is 0 Å². The van der Waals surface area contributed by atoms with Gasteiger partial charge in [-0.2, -0.15) is 0 Å². The fourth-order valence-electron chi connectivity index (χ4n) is 6.86. The van der Waals surface area contributed by atoms with Crippen LogP contribution in [-0.2, 0) is 28.6 Å². The minimum absolute atomic E-state index is 0.106. The summed E-state index contributed by atoms with van der Waals surface area (Å²) in [6.07, 6.45) is 61.8. The Balaban J connectivity index is 4.48. The van der Waals surface area contributed by atoms with Crippen molar-refractivity contribution in [2.75, 3.05) is 13.2 Å². The molecule has 0 aromatic carbocycles. The van der Waals surface area contributed by atoms with Crippen LogP contribution in [0.2, 0.25) is 0 Å². The lowest BCUT2D eigenvalue weighted by Crippen LogP contribution is -2.30. The molecule has 61 heavy (non-hydrogen) atoms. The van der Waals surface area contributed by atoms with Crippen LogP contribution in [0.5, 0.6) is 0 Å². The predicted molar refractivity (Wildman–Crippen MR) is 261 cm³/mol. The van der Waals surface area contributed by atoms with Crippen LogP contribution < -0.4 is 0 Å². The molecule has 0 radical (unpaired) electrons. The lowest BCUT2D eigenvalue weighted by Gasteiger charge is -2.18. The number of unbranched alkanes of at least 4 members (excludes halogenated alkanes) is 22. The molecule has 0 spiro atoms. The second kappa shape index (κ2) is 49.5. The molecule has 0 heterocycles. The highest BCUT2D eigenvalue weighted by Gasteiger charge is 2.19. The summed E-state index contributed by atoms with van der Waals surface area (Å²) in [5.74, 6) is -1.01. The first-order valence-electron chi connectivity index (χ1n) is 25.4. The average Bonchev–Trinajstić information content (AvgIpc) is 3.26. The summed E-state index contributed by atoms with van der Waals surface area (Å²) in [5.41, 5.74) is 0. The summed E-state index contributed by atoms with van der Waals surface area (Å²) in [4.78, 5) is 37.9. The maximum Gasteiger partial charge on any atom is 0.306 e. The minimum atomic E-state index is -0.812. The quantitative estimate of drug-likeness (QED) is 0.0263.